The summed E-state index contributed by atoms with van der Waals surface area (Å²) < 4.78 is 0. The van der Waals surface area contributed by atoms with Crippen LogP contribution in [0.15, 0.2) is 41.6 Å². The predicted octanol–water partition coefficient (Wildman–Crippen LogP) is 1.46. The van der Waals surface area contributed by atoms with Crippen LogP contribution >= 0.6 is 0 Å². The predicted molar refractivity (Wildman–Crippen MR) is 72.5 cm³/mol. The molecule has 94 valence electrons. The molecule has 1 aromatic rings. The summed E-state index contributed by atoms with van der Waals surface area (Å²) in [6.45, 7) is 1.12. The summed E-state index contributed by atoms with van der Waals surface area (Å²) in [5.41, 5.74) is 5.05. The molecule has 3 rings (SSSR count). The number of nitrogens with one attached hydrogen (secondary N) is 2. The van der Waals surface area contributed by atoms with Gasteiger partial charge in [-0.15, -0.1) is 0 Å². The smallest absolute Gasteiger partial charge is 0.108 e. The molecule has 2 atom stereocenters. The van der Waals surface area contributed by atoms with Crippen LogP contribution in [-0.4, -0.2) is 29.3 Å². The average molecular weight is 242 g/mol. The standard InChI is InChI=1S/C14H18N4/c1-3-9-15-11(5-1)13-7-8-14(18-17-13)12-6-2-4-10-16-12/h1,3,5,7-9,12,14,16,18H,2,4,6,10H2. The van der Waals surface area contributed by atoms with E-state index in [0.29, 0.717) is 12.1 Å². The van der Waals surface area contributed by atoms with E-state index in [0.717, 1.165) is 18.0 Å². The highest BCUT2D eigenvalue weighted by Crippen LogP contribution is 2.14. The summed E-state index contributed by atoms with van der Waals surface area (Å²) in [5.74, 6) is 0. The number of hydrogen-bond acceptors (Lipinski definition) is 4. The Morgan fingerprint density at radius 3 is 2.89 bits per heavy atom. The summed E-state index contributed by atoms with van der Waals surface area (Å²) in [7, 11) is 0. The first-order chi connectivity index (χ1) is 8.93. The fourth-order valence-electron chi connectivity index (χ4n) is 2.49. The highest BCUT2D eigenvalue weighted by molar-refractivity contribution is 6.07. The van der Waals surface area contributed by atoms with E-state index in [1.54, 1.807) is 6.20 Å². The molecule has 0 spiro atoms. The number of piperidine rings is 1. The van der Waals surface area contributed by atoms with E-state index < -0.39 is 0 Å². The molecule has 0 aromatic carbocycles. The molecule has 2 aliphatic heterocycles. The topological polar surface area (TPSA) is 49.3 Å². The van der Waals surface area contributed by atoms with Gasteiger partial charge in [0.05, 0.1) is 11.7 Å². The lowest BCUT2D eigenvalue weighted by Gasteiger charge is -2.30. The van der Waals surface area contributed by atoms with Crippen LogP contribution in [0.2, 0.25) is 0 Å². The van der Waals surface area contributed by atoms with E-state index in [-0.39, 0.29) is 0 Å². The van der Waals surface area contributed by atoms with Crippen molar-refractivity contribution < 1.29 is 0 Å². The molecule has 18 heavy (non-hydrogen) atoms. The highest BCUT2D eigenvalue weighted by Gasteiger charge is 2.22. The lowest BCUT2D eigenvalue weighted by atomic mass is 9.97. The molecule has 0 radical (unpaired) electrons. The van der Waals surface area contributed by atoms with Gasteiger partial charge in [0, 0.05) is 12.2 Å². The zero-order valence-electron chi connectivity index (χ0n) is 10.3. The lowest BCUT2D eigenvalue weighted by Crippen LogP contribution is -2.48. The van der Waals surface area contributed by atoms with E-state index in [2.05, 4.69) is 33.0 Å². The van der Waals surface area contributed by atoms with Crippen molar-refractivity contribution in [2.24, 2.45) is 5.10 Å². The molecule has 0 bridgehead atoms. The molecule has 1 aromatic heterocycles. The van der Waals surface area contributed by atoms with Gasteiger partial charge in [-0.1, -0.05) is 18.6 Å². The molecule has 0 aliphatic carbocycles. The van der Waals surface area contributed by atoms with Gasteiger partial charge in [-0.25, -0.2) is 0 Å². The second kappa shape index (κ2) is 5.31. The first-order valence-electron chi connectivity index (χ1n) is 6.60. The van der Waals surface area contributed by atoms with Gasteiger partial charge in [0.2, 0.25) is 0 Å². The van der Waals surface area contributed by atoms with Gasteiger partial charge >= 0.3 is 0 Å². The minimum absolute atomic E-state index is 0.303. The van der Waals surface area contributed by atoms with Crippen molar-refractivity contribution in [1.29, 1.82) is 0 Å². The van der Waals surface area contributed by atoms with Gasteiger partial charge in [-0.2, -0.15) is 5.10 Å². The van der Waals surface area contributed by atoms with Crippen molar-refractivity contribution in [3.8, 4) is 0 Å². The average Bonchev–Trinajstić information content (AvgIpc) is 2.49. The minimum atomic E-state index is 0.303. The van der Waals surface area contributed by atoms with E-state index in [1.807, 2.05) is 18.2 Å². The maximum Gasteiger partial charge on any atom is 0.108 e. The van der Waals surface area contributed by atoms with Gasteiger partial charge in [-0.05, 0) is 37.6 Å². The second-order valence-corrected chi connectivity index (χ2v) is 4.78. The molecular weight excluding hydrogens is 224 g/mol. The Morgan fingerprint density at radius 1 is 1.22 bits per heavy atom. The largest absolute Gasteiger partial charge is 0.312 e. The van der Waals surface area contributed by atoms with Crippen molar-refractivity contribution >= 4 is 5.71 Å². The second-order valence-electron chi connectivity index (χ2n) is 4.78. The monoisotopic (exact) mass is 242 g/mol. The third-order valence-electron chi connectivity index (χ3n) is 3.50. The van der Waals surface area contributed by atoms with E-state index in [4.69, 9.17) is 0 Å². The van der Waals surface area contributed by atoms with Crippen LogP contribution in [0.4, 0.5) is 0 Å². The Bertz CT molecular complexity index is 446. The molecular formula is C14H18N4. The van der Waals surface area contributed by atoms with Gasteiger partial charge in [0.15, 0.2) is 0 Å². The van der Waals surface area contributed by atoms with Gasteiger partial charge in [-0.3, -0.25) is 4.98 Å². The molecule has 3 heterocycles. The molecule has 2 aliphatic rings. The maximum absolute atomic E-state index is 4.43. The third-order valence-corrected chi connectivity index (χ3v) is 3.50. The van der Waals surface area contributed by atoms with Crippen molar-refractivity contribution in [2.75, 3.05) is 6.54 Å². The SMILES string of the molecule is C1=CC(C2CCCCN2)NN=C1c1ccccn1. The van der Waals surface area contributed by atoms with Crippen molar-refractivity contribution in [3.63, 3.8) is 0 Å². The Kier molecular flexibility index (Phi) is 3.37. The molecule has 1 fully saturated rings. The molecule has 2 N–H and O–H groups in total. The van der Waals surface area contributed by atoms with Crippen LogP contribution in [0, 0.1) is 0 Å². The van der Waals surface area contributed by atoms with Gasteiger partial charge in [0.1, 0.15) is 5.71 Å². The molecule has 0 saturated carbocycles. The first-order valence-corrected chi connectivity index (χ1v) is 6.60. The molecule has 1 saturated heterocycles. The lowest BCUT2D eigenvalue weighted by molar-refractivity contribution is 0.345. The fraction of sp³-hybridized carbons (Fsp3) is 0.429. The molecule has 4 nitrogen and oxygen atoms in total. The highest BCUT2D eigenvalue weighted by atomic mass is 15.3. The zero-order valence-corrected chi connectivity index (χ0v) is 10.3. The number of rotatable bonds is 2. The van der Waals surface area contributed by atoms with Crippen LogP contribution < -0.4 is 10.7 Å². The van der Waals surface area contributed by atoms with Crippen LogP contribution in [0.5, 0.6) is 0 Å². The number of allylic oxidation sites excluding steroid dienone is 1. The summed E-state index contributed by atoms with van der Waals surface area (Å²) in [6, 6.07) is 6.68. The van der Waals surface area contributed by atoms with Gasteiger partial charge < -0.3 is 10.7 Å². The molecule has 0 amide bonds. The Hall–Kier alpha value is -1.68. The fourth-order valence-corrected chi connectivity index (χ4v) is 2.49. The normalized spacial score (nSPS) is 27.4. The minimum Gasteiger partial charge on any atom is -0.312 e. The van der Waals surface area contributed by atoms with Crippen LogP contribution in [0.25, 0.3) is 0 Å². The summed E-state index contributed by atoms with van der Waals surface area (Å²) in [4.78, 5) is 4.30. The number of pyridine rings is 1. The zero-order chi connectivity index (χ0) is 12.2. The van der Waals surface area contributed by atoms with E-state index in [9.17, 15) is 0 Å². The quantitative estimate of drug-likeness (QED) is 0.825. The van der Waals surface area contributed by atoms with Crippen LogP contribution in [0.3, 0.4) is 0 Å². The number of aromatic nitrogens is 1. The number of hydrogen-bond donors (Lipinski definition) is 2. The van der Waals surface area contributed by atoms with E-state index >= 15 is 0 Å². The van der Waals surface area contributed by atoms with Crippen LogP contribution in [-0.2, 0) is 0 Å². The Balaban J connectivity index is 1.67. The Labute approximate surface area is 107 Å². The summed E-state index contributed by atoms with van der Waals surface area (Å²) >= 11 is 0. The molecule has 4 heteroatoms. The number of nitrogens with zero attached hydrogens (tertiary/aromatic N) is 2. The van der Waals surface area contributed by atoms with Crippen molar-refractivity contribution in [1.82, 2.24) is 15.7 Å². The third kappa shape index (κ3) is 2.43. The maximum atomic E-state index is 4.43. The summed E-state index contributed by atoms with van der Waals surface area (Å²) in [6.07, 6.45) is 9.87. The van der Waals surface area contributed by atoms with Crippen molar-refractivity contribution in [3.05, 3.63) is 42.2 Å². The van der Waals surface area contributed by atoms with Gasteiger partial charge in [0.25, 0.3) is 0 Å². The Morgan fingerprint density at radius 2 is 2.22 bits per heavy atom. The molecule has 2 unspecified atom stereocenters. The number of hydrazone groups is 1. The van der Waals surface area contributed by atoms with Crippen molar-refractivity contribution in [2.45, 2.75) is 31.3 Å². The van der Waals surface area contributed by atoms with Crippen LogP contribution in [0.1, 0.15) is 25.0 Å². The summed E-state index contributed by atoms with van der Waals surface area (Å²) in [5, 5.41) is 7.98. The first kappa shape index (κ1) is 11.4. The van der Waals surface area contributed by atoms with E-state index in [1.165, 1.54) is 19.3 Å².